The number of hydrogen-bond donors (Lipinski definition) is 3. The fraction of sp³-hybridized carbons (Fsp3) is 0.588. The zero-order chi connectivity index (χ0) is 18.6. The molecule has 0 spiro atoms. The summed E-state index contributed by atoms with van der Waals surface area (Å²) in [7, 11) is 0. The summed E-state index contributed by atoms with van der Waals surface area (Å²) in [4.78, 5) is 13.6. The number of nitrogens with one attached hydrogen (secondary N) is 1. The van der Waals surface area contributed by atoms with Gasteiger partial charge in [-0.15, -0.1) is 0 Å². The molecule has 0 radical (unpaired) electrons. The van der Waals surface area contributed by atoms with Crippen LogP contribution in [0.3, 0.4) is 0 Å². The summed E-state index contributed by atoms with van der Waals surface area (Å²) in [6.07, 6.45) is -7.59. The first kappa shape index (κ1) is 17.8. The topological polar surface area (TPSA) is 78.6 Å². The highest BCUT2D eigenvalue weighted by Gasteiger charge is 2.60. The lowest BCUT2D eigenvalue weighted by Crippen LogP contribution is -2.63. The van der Waals surface area contributed by atoms with Gasteiger partial charge in [0.15, 0.2) is 6.10 Å². The van der Waals surface area contributed by atoms with Gasteiger partial charge in [-0.05, 0) is 42.0 Å². The molecule has 138 valence electrons. The van der Waals surface area contributed by atoms with Crippen molar-refractivity contribution in [1.29, 1.82) is 0 Å². The van der Waals surface area contributed by atoms with E-state index < -0.39 is 23.9 Å². The van der Waals surface area contributed by atoms with Gasteiger partial charge < -0.3 is 21.1 Å². The normalized spacial score (nSPS) is 27.6. The van der Waals surface area contributed by atoms with E-state index in [1.807, 2.05) is 13.8 Å². The van der Waals surface area contributed by atoms with Crippen LogP contribution >= 0.6 is 0 Å². The van der Waals surface area contributed by atoms with E-state index in [4.69, 9.17) is 5.73 Å². The van der Waals surface area contributed by atoms with Crippen LogP contribution in [0.2, 0.25) is 0 Å². The molecule has 1 fully saturated rings. The number of hydrogen-bond acceptors (Lipinski definition) is 3. The highest BCUT2D eigenvalue weighted by molar-refractivity contribution is 5.78. The molecule has 25 heavy (non-hydrogen) atoms. The maximum Gasteiger partial charge on any atom is 0.416 e. The van der Waals surface area contributed by atoms with Gasteiger partial charge in [-0.2, -0.15) is 13.2 Å². The number of benzene rings is 1. The summed E-state index contributed by atoms with van der Waals surface area (Å²) in [5.41, 5.74) is 5.77. The lowest BCUT2D eigenvalue weighted by molar-refractivity contribution is -0.236. The number of anilines is 1. The number of nitrogens with zero attached hydrogens (tertiary/aromatic N) is 1. The van der Waals surface area contributed by atoms with E-state index in [-0.39, 0.29) is 31.3 Å². The number of nitrogens with two attached hydrogens (primary N) is 1. The van der Waals surface area contributed by atoms with Crippen LogP contribution in [0.25, 0.3) is 0 Å². The third-order valence-corrected chi connectivity index (χ3v) is 5.32. The molecule has 1 aliphatic carbocycles. The van der Waals surface area contributed by atoms with Gasteiger partial charge in [-0.1, -0.05) is 19.9 Å². The van der Waals surface area contributed by atoms with Crippen LogP contribution in [0, 0.1) is 5.92 Å². The van der Waals surface area contributed by atoms with Crippen molar-refractivity contribution < 1.29 is 23.1 Å². The number of aliphatic hydroxyl groups is 1. The minimum Gasteiger partial charge on any atom is -0.399 e. The van der Waals surface area contributed by atoms with Crippen LogP contribution in [-0.2, 0) is 12.8 Å². The highest BCUT2D eigenvalue weighted by atomic mass is 19.4. The van der Waals surface area contributed by atoms with Crippen LogP contribution in [0.4, 0.5) is 23.7 Å². The van der Waals surface area contributed by atoms with E-state index in [0.717, 1.165) is 0 Å². The third-order valence-electron chi connectivity index (χ3n) is 5.32. The quantitative estimate of drug-likeness (QED) is 0.725. The molecule has 8 heteroatoms. The van der Waals surface area contributed by atoms with Gasteiger partial charge in [0.1, 0.15) is 0 Å². The van der Waals surface area contributed by atoms with Crippen molar-refractivity contribution in [2.45, 2.75) is 50.6 Å². The Kier molecular flexibility index (Phi) is 4.14. The van der Waals surface area contributed by atoms with Crippen molar-refractivity contribution in [3.05, 3.63) is 29.3 Å². The number of aliphatic hydroxyl groups excluding tert-OH is 1. The maximum absolute atomic E-state index is 13.5. The van der Waals surface area contributed by atoms with Crippen LogP contribution in [0.5, 0.6) is 0 Å². The van der Waals surface area contributed by atoms with Gasteiger partial charge in [0.05, 0.1) is 11.6 Å². The Morgan fingerprint density at radius 2 is 1.96 bits per heavy atom. The second-order valence-corrected chi connectivity index (χ2v) is 7.34. The number of urea groups is 1. The number of nitrogen functional groups attached to an aromatic ring is 1. The predicted octanol–water partition coefficient (Wildman–Crippen LogP) is 2.08. The number of halogens is 3. The van der Waals surface area contributed by atoms with Crippen LogP contribution in [0.15, 0.2) is 18.2 Å². The molecule has 3 atom stereocenters. The molecule has 1 saturated heterocycles. The third kappa shape index (κ3) is 2.92. The Balaban J connectivity index is 2.02. The fourth-order valence-corrected chi connectivity index (χ4v) is 3.86. The summed E-state index contributed by atoms with van der Waals surface area (Å²) in [5.74, 6) is 0.0773. The SMILES string of the molecule is CC(C)[C@@H]1CN(C2(C(O)C(F)(F)F)Cc3ccc(N)cc3C2)C(=O)N1. The second-order valence-electron chi connectivity index (χ2n) is 7.34. The Hall–Kier alpha value is -1.96. The molecule has 2 amide bonds. The number of fused-ring (bicyclic) bond motifs is 1. The molecule has 4 N–H and O–H groups in total. The van der Waals surface area contributed by atoms with Crippen LogP contribution in [0.1, 0.15) is 25.0 Å². The van der Waals surface area contributed by atoms with E-state index in [9.17, 15) is 23.1 Å². The first-order valence-electron chi connectivity index (χ1n) is 8.25. The molecule has 3 rings (SSSR count). The van der Waals surface area contributed by atoms with E-state index in [2.05, 4.69) is 5.32 Å². The first-order valence-corrected chi connectivity index (χ1v) is 8.25. The molecule has 0 aromatic heterocycles. The Morgan fingerprint density at radius 3 is 2.52 bits per heavy atom. The summed E-state index contributed by atoms with van der Waals surface area (Å²) in [5, 5.41) is 12.9. The largest absolute Gasteiger partial charge is 0.416 e. The Bertz CT molecular complexity index is 692. The van der Waals surface area contributed by atoms with Crippen molar-refractivity contribution in [3.8, 4) is 0 Å². The maximum atomic E-state index is 13.5. The van der Waals surface area contributed by atoms with Gasteiger partial charge in [0.25, 0.3) is 0 Å². The Morgan fingerprint density at radius 1 is 1.32 bits per heavy atom. The van der Waals surface area contributed by atoms with Gasteiger partial charge in [0, 0.05) is 12.2 Å². The monoisotopic (exact) mass is 357 g/mol. The summed E-state index contributed by atoms with van der Waals surface area (Å²) < 4.78 is 40.4. The van der Waals surface area contributed by atoms with E-state index in [1.54, 1.807) is 18.2 Å². The fourth-order valence-electron chi connectivity index (χ4n) is 3.86. The van der Waals surface area contributed by atoms with Gasteiger partial charge in [0.2, 0.25) is 0 Å². The predicted molar refractivity (Wildman–Crippen MR) is 86.9 cm³/mol. The molecule has 0 saturated carbocycles. The molecular formula is C17H22F3N3O2. The van der Waals surface area contributed by atoms with Crippen molar-refractivity contribution in [2.75, 3.05) is 12.3 Å². The smallest absolute Gasteiger partial charge is 0.399 e. The molecule has 1 aliphatic heterocycles. The molecule has 2 aliphatic rings. The summed E-state index contributed by atoms with van der Waals surface area (Å²) in [6, 6.07) is 4.09. The average Bonchev–Trinajstić information content (AvgIpc) is 3.06. The van der Waals surface area contributed by atoms with E-state index in [1.165, 1.54) is 4.90 Å². The zero-order valence-electron chi connectivity index (χ0n) is 14.1. The second kappa shape index (κ2) is 5.79. The molecule has 1 aromatic rings. The van der Waals surface area contributed by atoms with Crippen molar-refractivity contribution in [1.82, 2.24) is 10.2 Å². The van der Waals surface area contributed by atoms with Crippen molar-refractivity contribution in [3.63, 3.8) is 0 Å². The number of carbonyl (C=O) groups excluding carboxylic acids is 1. The number of carbonyl (C=O) groups is 1. The minimum atomic E-state index is -4.83. The molecule has 1 aromatic carbocycles. The van der Waals surface area contributed by atoms with E-state index >= 15 is 0 Å². The van der Waals surface area contributed by atoms with Crippen LogP contribution < -0.4 is 11.1 Å². The minimum absolute atomic E-state index is 0.0540. The first-order chi connectivity index (χ1) is 11.5. The summed E-state index contributed by atoms with van der Waals surface area (Å²) in [6.45, 7) is 3.92. The number of rotatable bonds is 3. The lowest BCUT2D eigenvalue weighted by Gasteiger charge is -2.42. The number of alkyl halides is 3. The Labute approximate surface area is 144 Å². The average molecular weight is 357 g/mol. The molecule has 2 unspecified atom stereocenters. The summed E-state index contributed by atoms with van der Waals surface area (Å²) >= 11 is 0. The molecule has 5 nitrogen and oxygen atoms in total. The van der Waals surface area contributed by atoms with Crippen molar-refractivity contribution >= 4 is 11.7 Å². The van der Waals surface area contributed by atoms with Gasteiger partial charge in [-0.3, -0.25) is 0 Å². The number of amides is 2. The van der Waals surface area contributed by atoms with E-state index in [0.29, 0.717) is 16.8 Å². The lowest BCUT2D eigenvalue weighted by atomic mass is 9.86. The molecule has 0 bridgehead atoms. The standard InChI is InChI=1S/C17H22F3N3O2/c1-9(2)13-8-23(15(25)22-13)16(14(24)17(18,19)20)6-10-3-4-12(21)5-11(10)7-16/h3-5,9,13-14,24H,6-8,21H2,1-2H3,(H,22,25)/t13-,14?,16?/m0/s1. The van der Waals surface area contributed by atoms with Crippen LogP contribution in [-0.4, -0.2) is 46.4 Å². The van der Waals surface area contributed by atoms with Crippen molar-refractivity contribution in [2.24, 2.45) is 5.92 Å². The molecule has 1 heterocycles. The van der Waals surface area contributed by atoms with Gasteiger partial charge in [-0.25, -0.2) is 4.79 Å². The zero-order valence-corrected chi connectivity index (χ0v) is 14.1. The van der Waals surface area contributed by atoms with Gasteiger partial charge >= 0.3 is 12.2 Å². The molecular weight excluding hydrogens is 335 g/mol. The highest BCUT2D eigenvalue weighted by Crippen LogP contribution is 2.44.